The highest BCUT2D eigenvalue weighted by molar-refractivity contribution is 5.63. The fourth-order valence-electron chi connectivity index (χ4n) is 1.69. The van der Waals surface area contributed by atoms with Crippen LogP contribution in [0.15, 0.2) is 15.3 Å². The average molecular weight is 191 g/mol. The van der Waals surface area contributed by atoms with Crippen molar-refractivity contribution < 1.29 is 9.05 Å². The molecule has 0 saturated carbocycles. The molecule has 0 spiro atoms. The lowest BCUT2D eigenvalue weighted by atomic mass is 10.1. The molecule has 0 aliphatic carbocycles. The van der Waals surface area contributed by atoms with Crippen molar-refractivity contribution >= 4 is 0 Å². The van der Waals surface area contributed by atoms with E-state index in [1.54, 1.807) is 6.26 Å². The Morgan fingerprint density at radius 2 is 2.29 bits per heavy atom. The molecule has 2 aromatic rings. The van der Waals surface area contributed by atoms with Crippen LogP contribution in [0.25, 0.3) is 11.3 Å². The first-order valence-electron chi connectivity index (χ1n) is 4.46. The molecule has 0 atom stereocenters. The van der Waals surface area contributed by atoms with Crippen molar-refractivity contribution in [3.8, 4) is 11.3 Å². The first-order chi connectivity index (χ1) is 6.86. The maximum absolute atomic E-state index is 5.27. The van der Waals surface area contributed by atoms with Crippen molar-refractivity contribution in [1.29, 1.82) is 0 Å². The van der Waals surface area contributed by atoms with Crippen LogP contribution in [0.1, 0.15) is 17.0 Å². The third-order valence-electron chi connectivity index (χ3n) is 2.46. The summed E-state index contributed by atoms with van der Waals surface area (Å²) < 4.78 is 10.1. The number of aryl methyl sites for hydroxylation is 1. The predicted molar refractivity (Wildman–Crippen MR) is 47.3 cm³/mol. The minimum absolute atomic E-state index is 0.781. The Morgan fingerprint density at radius 3 is 3.07 bits per heavy atom. The van der Waals surface area contributed by atoms with E-state index in [0.717, 1.165) is 41.4 Å². The lowest BCUT2D eigenvalue weighted by Crippen LogP contribution is -2.01. The predicted octanol–water partition coefficient (Wildman–Crippen LogP) is 1.24. The van der Waals surface area contributed by atoms with Crippen LogP contribution in [0.5, 0.6) is 0 Å². The third-order valence-corrected chi connectivity index (χ3v) is 2.46. The molecule has 1 aliphatic rings. The zero-order valence-electron chi connectivity index (χ0n) is 7.70. The fraction of sp³-hybridized carbons (Fsp3) is 0.333. The molecule has 1 aliphatic heterocycles. The van der Waals surface area contributed by atoms with Crippen molar-refractivity contribution in [3.05, 3.63) is 23.2 Å². The summed E-state index contributed by atoms with van der Waals surface area (Å²) in [6, 6.07) is 0. The second-order valence-electron chi connectivity index (χ2n) is 3.35. The van der Waals surface area contributed by atoms with Crippen LogP contribution >= 0.6 is 0 Å². The van der Waals surface area contributed by atoms with Gasteiger partial charge in [-0.2, -0.15) is 0 Å². The smallest absolute Gasteiger partial charge is 0.176 e. The minimum Gasteiger partial charge on any atom is -0.364 e. The molecule has 0 fully saturated rings. The quantitative estimate of drug-likeness (QED) is 0.734. The Balaban J connectivity index is 2.17. The zero-order valence-corrected chi connectivity index (χ0v) is 7.70. The first-order valence-corrected chi connectivity index (χ1v) is 4.46. The van der Waals surface area contributed by atoms with Gasteiger partial charge in [0.1, 0.15) is 12.0 Å². The molecule has 3 rings (SSSR count). The number of nitrogens with one attached hydrogen (secondary N) is 1. The lowest BCUT2D eigenvalue weighted by molar-refractivity contribution is 0.410. The molecule has 0 bridgehead atoms. The van der Waals surface area contributed by atoms with Crippen molar-refractivity contribution in [2.24, 2.45) is 0 Å². The van der Waals surface area contributed by atoms with Crippen LogP contribution in [0, 0.1) is 6.92 Å². The van der Waals surface area contributed by atoms with Gasteiger partial charge in [0.2, 0.25) is 0 Å². The summed E-state index contributed by atoms with van der Waals surface area (Å²) in [5.41, 5.74) is 3.83. The molecule has 0 unspecified atom stereocenters. The zero-order chi connectivity index (χ0) is 9.54. The van der Waals surface area contributed by atoms with Gasteiger partial charge >= 0.3 is 0 Å². The molecule has 5 heteroatoms. The molecule has 1 N–H and O–H groups in total. The van der Waals surface area contributed by atoms with Crippen LogP contribution in [0.4, 0.5) is 0 Å². The Bertz CT molecular complexity index is 472. The second-order valence-corrected chi connectivity index (χ2v) is 3.35. The SMILES string of the molecule is Cc1nocc1-c1onc2c1CNC2. The number of rotatable bonds is 1. The molecule has 0 aromatic carbocycles. The number of hydrogen-bond acceptors (Lipinski definition) is 5. The highest BCUT2D eigenvalue weighted by atomic mass is 16.5. The summed E-state index contributed by atoms with van der Waals surface area (Å²) in [6.07, 6.45) is 1.59. The lowest BCUT2D eigenvalue weighted by Gasteiger charge is -1.93. The van der Waals surface area contributed by atoms with Gasteiger partial charge in [-0.25, -0.2) is 0 Å². The van der Waals surface area contributed by atoms with Crippen molar-refractivity contribution in [2.45, 2.75) is 20.0 Å². The largest absolute Gasteiger partial charge is 0.364 e. The van der Waals surface area contributed by atoms with Crippen LogP contribution in [-0.2, 0) is 13.1 Å². The highest BCUT2D eigenvalue weighted by Gasteiger charge is 2.23. The molecule has 0 amide bonds. The maximum atomic E-state index is 5.27. The van der Waals surface area contributed by atoms with Crippen LogP contribution in [0.2, 0.25) is 0 Å². The van der Waals surface area contributed by atoms with Crippen molar-refractivity contribution in [3.63, 3.8) is 0 Å². The van der Waals surface area contributed by atoms with Crippen molar-refractivity contribution in [2.75, 3.05) is 0 Å². The van der Waals surface area contributed by atoms with Gasteiger partial charge in [0.15, 0.2) is 5.76 Å². The van der Waals surface area contributed by atoms with Gasteiger partial charge in [-0.05, 0) is 6.92 Å². The Morgan fingerprint density at radius 1 is 1.36 bits per heavy atom. The average Bonchev–Trinajstić information content (AvgIpc) is 2.78. The van der Waals surface area contributed by atoms with E-state index >= 15 is 0 Å². The van der Waals surface area contributed by atoms with Crippen LogP contribution in [0.3, 0.4) is 0 Å². The van der Waals surface area contributed by atoms with E-state index in [-0.39, 0.29) is 0 Å². The number of aromatic nitrogens is 2. The van der Waals surface area contributed by atoms with Gasteiger partial charge in [-0.1, -0.05) is 10.3 Å². The number of hydrogen-bond donors (Lipinski definition) is 1. The second kappa shape index (κ2) is 2.68. The molecule has 2 aromatic heterocycles. The van der Waals surface area contributed by atoms with Gasteiger partial charge in [0, 0.05) is 18.7 Å². The number of fused-ring (bicyclic) bond motifs is 1. The normalized spacial score (nSPS) is 14.6. The summed E-state index contributed by atoms with van der Waals surface area (Å²) in [4.78, 5) is 0. The van der Waals surface area contributed by atoms with Gasteiger partial charge in [-0.3, -0.25) is 0 Å². The first kappa shape index (κ1) is 7.75. The van der Waals surface area contributed by atoms with Gasteiger partial charge in [0.05, 0.1) is 11.3 Å². The topological polar surface area (TPSA) is 64.1 Å². The summed E-state index contributed by atoms with van der Waals surface area (Å²) in [5.74, 6) is 0.781. The molecule has 14 heavy (non-hydrogen) atoms. The summed E-state index contributed by atoms with van der Waals surface area (Å²) in [7, 11) is 0. The van der Waals surface area contributed by atoms with Crippen molar-refractivity contribution in [1.82, 2.24) is 15.6 Å². The minimum atomic E-state index is 0.781. The molecule has 3 heterocycles. The van der Waals surface area contributed by atoms with Gasteiger partial charge in [-0.15, -0.1) is 0 Å². The molecular weight excluding hydrogens is 182 g/mol. The standard InChI is InChI=1S/C9H9N3O2/c1-5-7(4-13-11-5)9-6-2-10-3-8(6)12-14-9/h4,10H,2-3H2,1H3. The van der Waals surface area contributed by atoms with Gasteiger partial charge < -0.3 is 14.4 Å². The Hall–Kier alpha value is -1.62. The van der Waals surface area contributed by atoms with Crippen LogP contribution in [-0.4, -0.2) is 10.3 Å². The van der Waals surface area contributed by atoms with Gasteiger partial charge in [0.25, 0.3) is 0 Å². The van der Waals surface area contributed by atoms with E-state index in [2.05, 4.69) is 15.6 Å². The van der Waals surface area contributed by atoms with Crippen LogP contribution < -0.4 is 5.32 Å². The molecular formula is C9H9N3O2. The van der Waals surface area contributed by atoms with E-state index in [0.29, 0.717) is 0 Å². The highest BCUT2D eigenvalue weighted by Crippen LogP contribution is 2.30. The Kier molecular flexibility index (Phi) is 1.49. The monoisotopic (exact) mass is 191 g/mol. The molecule has 0 saturated heterocycles. The Labute approximate surface area is 80.1 Å². The molecule has 72 valence electrons. The summed E-state index contributed by atoms with van der Waals surface area (Å²) in [6.45, 7) is 3.47. The molecule has 5 nitrogen and oxygen atoms in total. The summed E-state index contributed by atoms with van der Waals surface area (Å²) in [5, 5.41) is 11.0. The van der Waals surface area contributed by atoms with E-state index < -0.39 is 0 Å². The van der Waals surface area contributed by atoms with E-state index in [1.165, 1.54) is 0 Å². The van der Waals surface area contributed by atoms with E-state index in [4.69, 9.17) is 9.05 Å². The molecule has 0 radical (unpaired) electrons. The fourth-order valence-corrected chi connectivity index (χ4v) is 1.69. The number of nitrogens with zero attached hydrogens (tertiary/aromatic N) is 2. The maximum Gasteiger partial charge on any atom is 0.176 e. The summed E-state index contributed by atoms with van der Waals surface area (Å²) >= 11 is 0. The van der Waals surface area contributed by atoms with E-state index in [1.807, 2.05) is 6.92 Å². The van der Waals surface area contributed by atoms with E-state index in [9.17, 15) is 0 Å². The third kappa shape index (κ3) is 0.927.